The van der Waals surface area contributed by atoms with E-state index in [0.29, 0.717) is 0 Å². The summed E-state index contributed by atoms with van der Waals surface area (Å²) in [6.45, 7) is 0. The molecule has 0 spiro atoms. The molecule has 0 amide bonds. The smallest absolute Gasteiger partial charge is 0.371 e. The van der Waals surface area contributed by atoms with E-state index in [2.05, 4.69) is 0 Å². The van der Waals surface area contributed by atoms with Crippen LogP contribution in [0.5, 0.6) is 0 Å². The minimum absolute atomic E-state index is 2.42. The van der Waals surface area contributed by atoms with Crippen LogP contribution in [0.2, 0.25) is 0 Å². The molecule has 36 valence electrons. The first kappa shape index (κ1) is 3.52. The standard InChI is InChI=1S/C2H2F2O2/c3-1(4)2(5)6/h1H,(H,5,6)/i1D. The average molecular weight is 97.0 g/mol. The molecule has 2 nitrogen and oxygen atoms in total. The molecule has 0 bridgehead atoms. The topological polar surface area (TPSA) is 37.3 Å². The fraction of sp³-hybridized carbons (Fsp3) is 0.500. The van der Waals surface area contributed by atoms with Crippen LogP contribution in [-0.2, 0) is 4.79 Å². The molecule has 6 heavy (non-hydrogen) atoms. The molecular formula is C2H2F2O2. The van der Waals surface area contributed by atoms with Gasteiger partial charge in [-0.2, -0.15) is 8.78 Å². The van der Waals surface area contributed by atoms with Gasteiger partial charge in [-0.1, -0.05) is 0 Å². The second-order valence-electron chi connectivity index (χ2n) is 0.566. The van der Waals surface area contributed by atoms with Gasteiger partial charge in [0.2, 0.25) is 0 Å². The third-order valence-corrected chi connectivity index (χ3v) is 0.162. The summed E-state index contributed by atoms with van der Waals surface area (Å²) in [6.07, 6.45) is -4.33. The summed E-state index contributed by atoms with van der Waals surface area (Å²) in [5.74, 6) is -2.42. The van der Waals surface area contributed by atoms with Crippen LogP contribution in [0.1, 0.15) is 1.37 Å². The molecule has 0 saturated carbocycles. The third kappa shape index (κ3) is 1.63. The molecule has 4 heteroatoms. The number of carbonyl (C=O) groups is 1. The second kappa shape index (κ2) is 1.69. The van der Waals surface area contributed by atoms with Crippen LogP contribution in [0.4, 0.5) is 8.78 Å². The molecule has 0 unspecified atom stereocenters. The van der Waals surface area contributed by atoms with Crippen LogP contribution in [0.15, 0.2) is 0 Å². The molecule has 0 radical (unpaired) electrons. The van der Waals surface area contributed by atoms with Gasteiger partial charge >= 0.3 is 12.4 Å². The van der Waals surface area contributed by atoms with E-state index >= 15 is 0 Å². The highest BCUT2D eigenvalue weighted by Crippen LogP contribution is 1.87. The van der Waals surface area contributed by atoms with Crippen LogP contribution in [0, 0.1) is 0 Å². The summed E-state index contributed by atoms with van der Waals surface area (Å²) in [7, 11) is 0. The monoisotopic (exact) mass is 97.0 g/mol. The Morgan fingerprint density at radius 3 is 2.17 bits per heavy atom. The number of rotatable bonds is 1. The van der Waals surface area contributed by atoms with Crippen molar-refractivity contribution in [1.82, 2.24) is 0 Å². The van der Waals surface area contributed by atoms with Crippen molar-refractivity contribution >= 4 is 5.97 Å². The van der Waals surface area contributed by atoms with E-state index in [0.717, 1.165) is 0 Å². The van der Waals surface area contributed by atoms with E-state index in [-0.39, 0.29) is 0 Å². The van der Waals surface area contributed by atoms with Gasteiger partial charge in [-0.05, 0) is 0 Å². The van der Waals surface area contributed by atoms with Crippen molar-refractivity contribution in [2.75, 3.05) is 0 Å². The number of aliphatic carboxylic acids is 1. The van der Waals surface area contributed by atoms with Crippen LogP contribution in [0.25, 0.3) is 0 Å². The number of halogens is 2. The van der Waals surface area contributed by atoms with E-state index in [1.165, 1.54) is 0 Å². The van der Waals surface area contributed by atoms with Crippen LogP contribution in [-0.4, -0.2) is 17.5 Å². The van der Waals surface area contributed by atoms with Crippen LogP contribution < -0.4 is 0 Å². The summed E-state index contributed by atoms with van der Waals surface area (Å²) in [6, 6.07) is 0. The Morgan fingerprint density at radius 2 is 2.17 bits per heavy atom. The van der Waals surface area contributed by atoms with Crippen molar-refractivity contribution in [2.24, 2.45) is 0 Å². The quantitative estimate of drug-likeness (QED) is 0.512. The summed E-state index contributed by atoms with van der Waals surface area (Å²) in [4.78, 5) is 9.08. The first-order valence-corrected chi connectivity index (χ1v) is 1.06. The van der Waals surface area contributed by atoms with Crippen molar-refractivity contribution in [1.29, 1.82) is 0 Å². The van der Waals surface area contributed by atoms with Crippen LogP contribution >= 0.6 is 0 Å². The molecule has 0 rings (SSSR count). The predicted molar refractivity (Wildman–Crippen MR) is 13.6 cm³/mol. The first-order chi connectivity index (χ1) is 2.94. The normalized spacial score (nSPS) is 13.3. The largest absolute Gasteiger partial charge is 0.477 e. The maximum absolute atomic E-state index is 10.9. The van der Waals surface area contributed by atoms with Crippen molar-refractivity contribution < 1.29 is 20.1 Å². The van der Waals surface area contributed by atoms with Crippen molar-refractivity contribution in [3.63, 3.8) is 0 Å². The molecule has 0 heterocycles. The predicted octanol–water partition coefficient (Wildman–Crippen LogP) is 0.336. The van der Waals surface area contributed by atoms with Crippen molar-refractivity contribution in [3.05, 3.63) is 0 Å². The Morgan fingerprint density at radius 1 is 2.00 bits per heavy atom. The lowest BCUT2D eigenvalue weighted by molar-refractivity contribution is -0.149. The van der Waals surface area contributed by atoms with Gasteiger partial charge in [0.05, 0.1) is 0 Å². The average Bonchev–Trinajstić information content (AvgIpc) is 1.31. The number of carboxylic acid groups (broad SMARTS) is 1. The van der Waals surface area contributed by atoms with E-state index in [1.54, 1.807) is 0 Å². The number of hydrogen-bond acceptors (Lipinski definition) is 1. The molecule has 0 aromatic heterocycles. The number of hydrogen-bond donors (Lipinski definition) is 1. The van der Waals surface area contributed by atoms with Gasteiger partial charge in [0.25, 0.3) is 0 Å². The van der Waals surface area contributed by atoms with E-state index in [4.69, 9.17) is 11.3 Å². The summed E-state index contributed by atoms with van der Waals surface area (Å²) < 4.78 is 27.3. The summed E-state index contributed by atoms with van der Waals surface area (Å²) in [5, 5.41) is 7.31. The zero-order valence-corrected chi connectivity index (χ0v) is 2.61. The van der Waals surface area contributed by atoms with Gasteiger partial charge in [-0.3, -0.25) is 0 Å². The Hall–Kier alpha value is -0.670. The van der Waals surface area contributed by atoms with Crippen molar-refractivity contribution in [3.8, 4) is 0 Å². The summed E-state index contributed by atoms with van der Waals surface area (Å²) in [5.41, 5.74) is 0. The van der Waals surface area contributed by atoms with E-state index in [1.807, 2.05) is 0 Å². The Balaban J connectivity index is 3.79. The fourth-order valence-corrected chi connectivity index (χ4v) is 0. The lowest BCUT2D eigenvalue weighted by atomic mass is 10.7. The van der Waals surface area contributed by atoms with E-state index < -0.39 is 12.4 Å². The molecule has 0 aliphatic rings. The van der Waals surface area contributed by atoms with Gasteiger partial charge in [0.15, 0.2) is 0 Å². The number of carboxylic acids is 1. The molecule has 0 saturated heterocycles. The Bertz CT molecular complexity index is 86.2. The second-order valence-corrected chi connectivity index (χ2v) is 0.566. The van der Waals surface area contributed by atoms with Gasteiger partial charge in [0.1, 0.15) is 1.37 Å². The SMILES string of the molecule is [2H]C(F)(F)C(=O)O. The molecule has 0 fully saturated rings. The Labute approximate surface area is 33.8 Å². The molecule has 1 N–H and O–H groups in total. The molecule has 0 atom stereocenters. The molecule has 0 aromatic carbocycles. The maximum atomic E-state index is 10.9. The van der Waals surface area contributed by atoms with Gasteiger partial charge < -0.3 is 5.11 Å². The summed E-state index contributed by atoms with van der Waals surface area (Å²) >= 11 is 0. The van der Waals surface area contributed by atoms with Gasteiger partial charge in [-0.15, -0.1) is 0 Å². The molecular weight excluding hydrogens is 94.0 g/mol. The highest BCUT2D eigenvalue weighted by atomic mass is 19.3. The number of alkyl halides is 2. The zero-order valence-electron chi connectivity index (χ0n) is 3.61. The molecule has 0 aliphatic heterocycles. The third-order valence-electron chi connectivity index (χ3n) is 0.162. The van der Waals surface area contributed by atoms with Gasteiger partial charge in [-0.25, -0.2) is 4.79 Å². The zero-order chi connectivity index (χ0) is 6.08. The lowest BCUT2D eigenvalue weighted by Crippen LogP contribution is -2.06. The first-order valence-electron chi connectivity index (χ1n) is 1.56. The highest BCUT2D eigenvalue weighted by molar-refractivity contribution is 5.70. The highest BCUT2D eigenvalue weighted by Gasteiger charge is 2.10. The van der Waals surface area contributed by atoms with Crippen LogP contribution in [0.3, 0.4) is 0 Å². The minimum atomic E-state index is -4.33. The minimum Gasteiger partial charge on any atom is -0.477 e. The Kier molecular flexibility index (Phi) is 0.991. The molecule has 0 aromatic rings. The fourth-order valence-electron chi connectivity index (χ4n) is 0. The van der Waals surface area contributed by atoms with Gasteiger partial charge in [0, 0.05) is 0 Å². The maximum Gasteiger partial charge on any atom is 0.371 e. The van der Waals surface area contributed by atoms with Crippen molar-refractivity contribution in [2.45, 2.75) is 6.40 Å². The molecule has 0 aliphatic carbocycles. The lowest BCUT2D eigenvalue weighted by Gasteiger charge is -1.81. The van der Waals surface area contributed by atoms with E-state index in [9.17, 15) is 8.78 Å².